The number of hydrogen-bond acceptors (Lipinski definition) is 2. The Morgan fingerprint density at radius 1 is 1.00 bits per heavy atom. The first-order chi connectivity index (χ1) is 7.20. The minimum absolute atomic E-state index is 0.708. The second kappa shape index (κ2) is 3.62. The number of anilines is 1. The second-order valence-electron chi connectivity index (χ2n) is 3.75. The molecule has 15 heavy (non-hydrogen) atoms. The lowest BCUT2D eigenvalue weighted by atomic mass is 10.1. The van der Waals surface area contributed by atoms with Crippen LogP contribution in [0.5, 0.6) is 0 Å². The Balaban J connectivity index is 2.61. The molecule has 0 atom stereocenters. The van der Waals surface area contributed by atoms with E-state index in [2.05, 4.69) is 23.1 Å². The van der Waals surface area contributed by atoms with Gasteiger partial charge in [-0.2, -0.15) is 5.26 Å². The third-order valence-electron chi connectivity index (χ3n) is 2.47. The van der Waals surface area contributed by atoms with Gasteiger partial charge in [0.1, 0.15) is 0 Å². The Morgan fingerprint density at radius 2 is 1.67 bits per heavy atom. The van der Waals surface area contributed by atoms with Crippen LogP contribution in [0.2, 0.25) is 0 Å². The van der Waals surface area contributed by atoms with E-state index >= 15 is 0 Å². The van der Waals surface area contributed by atoms with E-state index in [1.807, 2.05) is 38.4 Å². The lowest BCUT2D eigenvalue weighted by molar-refractivity contribution is 1.14. The van der Waals surface area contributed by atoms with Crippen molar-refractivity contribution in [2.45, 2.75) is 0 Å². The van der Waals surface area contributed by atoms with E-state index in [1.54, 1.807) is 0 Å². The quantitative estimate of drug-likeness (QED) is 0.701. The molecule has 2 aromatic rings. The molecule has 0 spiro atoms. The van der Waals surface area contributed by atoms with Crippen LogP contribution in [0.25, 0.3) is 10.8 Å². The number of benzene rings is 2. The van der Waals surface area contributed by atoms with Crippen molar-refractivity contribution in [3.63, 3.8) is 0 Å². The van der Waals surface area contributed by atoms with E-state index in [1.165, 1.54) is 11.1 Å². The van der Waals surface area contributed by atoms with Gasteiger partial charge in [-0.1, -0.05) is 12.1 Å². The summed E-state index contributed by atoms with van der Waals surface area (Å²) in [5.41, 5.74) is 1.88. The molecule has 0 saturated heterocycles. The first-order valence-corrected chi connectivity index (χ1v) is 4.82. The van der Waals surface area contributed by atoms with Crippen LogP contribution >= 0.6 is 0 Å². The molecule has 2 aromatic carbocycles. The third kappa shape index (κ3) is 1.77. The van der Waals surface area contributed by atoms with Gasteiger partial charge < -0.3 is 4.90 Å². The summed E-state index contributed by atoms with van der Waals surface area (Å²) in [7, 11) is 4.04. The van der Waals surface area contributed by atoms with E-state index in [0.29, 0.717) is 5.56 Å². The standard InChI is InChI=1S/C13H12N2/c1-15(2)13-6-5-11-7-10(9-14)3-4-12(11)8-13/h3-8H,1-2H3. The first-order valence-electron chi connectivity index (χ1n) is 4.82. The molecule has 0 aliphatic rings. The molecule has 0 radical (unpaired) electrons. The maximum absolute atomic E-state index is 8.78. The lowest BCUT2D eigenvalue weighted by Crippen LogP contribution is -2.07. The van der Waals surface area contributed by atoms with E-state index in [-0.39, 0.29) is 0 Å². The molecule has 2 rings (SSSR count). The van der Waals surface area contributed by atoms with Gasteiger partial charge in [-0.3, -0.25) is 0 Å². The monoisotopic (exact) mass is 196 g/mol. The van der Waals surface area contributed by atoms with E-state index in [9.17, 15) is 0 Å². The van der Waals surface area contributed by atoms with E-state index in [0.717, 1.165) is 5.39 Å². The average Bonchev–Trinajstić information content (AvgIpc) is 2.27. The molecule has 2 heteroatoms. The zero-order valence-electron chi connectivity index (χ0n) is 8.86. The summed E-state index contributed by atoms with van der Waals surface area (Å²) >= 11 is 0. The van der Waals surface area contributed by atoms with Crippen LogP contribution in [0.1, 0.15) is 5.56 Å². The van der Waals surface area contributed by atoms with Gasteiger partial charge >= 0.3 is 0 Å². The van der Waals surface area contributed by atoms with Gasteiger partial charge in [0.05, 0.1) is 11.6 Å². The molecular weight excluding hydrogens is 184 g/mol. The van der Waals surface area contributed by atoms with Crippen LogP contribution in [0, 0.1) is 11.3 Å². The van der Waals surface area contributed by atoms with Crippen molar-refractivity contribution in [3.8, 4) is 6.07 Å². The largest absolute Gasteiger partial charge is 0.378 e. The highest BCUT2D eigenvalue weighted by Crippen LogP contribution is 2.21. The summed E-state index contributed by atoms with van der Waals surface area (Å²) in [5, 5.41) is 11.1. The smallest absolute Gasteiger partial charge is 0.0991 e. The van der Waals surface area contributed by atoms with Crippen LogP contribution in [-0.2, 0) is 0 Å². The molecule has 0 aliphatic carbocycles. The Hall–Kier alpha value is -2.01. The molecule has 0 bridgehead atoms. The Bertz CT molecular complexity index is 536. The van der Waals surface area contributed by atoms with Crippen molar-refractivity contribution in [2.75, 3.05) is 19.0 Å². The Morgan fingerprint density at radius 3 is 2.33 bits per heavy atom. The van der Waals surface area contributed by atoms with E-state index < -0.39 is 0 Å². The molecule has 0 fully saturated rings. The topological polar surface area (TPSA) is 27.0 Å². The summed E-state index contributed by atoms with van der Waals surface area (Å²) < 4.78 is 0. The fraction of sp³-hybridized carbons (Fsp3) is 0.154. The van der Waals surface area contributed by atoms with Crippen LogP contribution in [0.15, 0.2) is 36.4 Å². The first kappa shape index (κ1) is 9.54. The highest BCUT2D eigenvalue weighted by atomic mass is 15.1. The number of nitrogens with zero attached hydrogens (tertiary/aromatic N) is 2. The van der Waals surface area contributed by atoms with Crippen molar-refractivity contribution in [3.05, 3.63) is 42.0 Å². The second-order valence-corrected chi connectivity index (χ2v) is 3.75. The molecule has 0 saturated carbocycles. The van der Waals surface area contributed by atoms with Crippen molar-refractivity contribution < 1.29 is 0 Å². The van der Waals surface area contributed by atoms with Gasteiger partial charge in [-0.05, 0) is 35.0 Å². The summed E-state index contributed by atoms with van der Waals surface area (Å²) in [6.07, 6.45) is 0. The molecule has 0 unspecified atom stereocenters. The number of fused-ring (bicyclic) bond motifs is 1. The summed E-state index contributed by atoms with van der Waals surface area (Å²) in [4.78, 5) is 2.07. The van der Waals surface area contributed by atoms with Gasteiger partial charge in [0.25, 0.3) is 0 Å². The molecule has 0 aliphatic heterocycles. The van der Waals surface area contributed by atoms with Crippen LogP contribution in [0.4, 0.5) is 5.69 Å². The molecule has 0 aromatic heterocycles. The van der Waals surface area contributed by atoms with Gasteiger partial charge in [-0.25, -0.2) is 0 Å². The van der Waals surface area contributed by atoms with Crippen LogP contribution in [0.3, 0.4) is 0 Å². The minimum atomic E-state index is 0.708. The average molecular weight is 196 g/mol. The zero-order valence-corrected chi connectivity index (χ0v) is 8.86. The predicted molar refractivity (Wildman–Crippen MR) is 63.0 cm³/mol. The number of hydrogen-bond donors (Lipinski definition) is 0. The molecule has 0 N–H and O–H groups in total. The van der Waals surface area contributed by atoms with Gasteiger partial charge in [0, 0.05) is 19.8 Å². The summed E-state index contributed by atoms with van der Waals surface area (Å²) in [6.45, 7) is 0. The minimum Gasteiger partial charge on any atom is -0.378 e. The molecule has 0 heterocycles. The highest BCUT2D eigenvalue weighted by molar-refractivity contribution is 5.86. The molecule has 74 valence electrons. The predicted octanol–water partition coefficient (Wildman–Crippen LogP) is 2.78. The number of nitriles is 1. The lowest BCUT2D eigenvalue weighted by Gasteiger charge is -2.12. The Kier molecular flexibility index (Phi) is 2.31. The third-order valence-corrected chi connectivity index (χ3v) is 2.47. The molecule has 0 amide bonds. The Labute approximate surface area is 89.4 Å². The SMILES string of the molecule is CN(C)c1ccc2cc(C#N)ccc2c1. The number of rotatable bonds is 1. The van der Waals surface area contributed by atoms with E-state index in [4.69, 9.17) is 5.26 Å². The van der Waals surface area contributed by atoms with Gasteiger partial charge in [-0.15, -0.1) is 0 Å². The van der Waals surface area contributed by atoms with Crippen molar-refractivity contribution in [1.82, 2.24) is 0 Å². The van der Waals surface area contributed by atoms with Crippen LogP contribution in [-0.4, -0.2) is 14.1 Å². The highest BCUT2D eigenvalue weighted by Gasteiger charge is 1.99. The van der Waals surface area contributed by atoms with Crippen LogP contribution < -0.4 is 4.90 Å². The van der Waals surface area contributed by atoms with Crippen molar-refractivity contribution >= 4 is 16.5 Å². The summed E-state index contributed by atoms with van der Waals surface area (Å²) in [6, 6.07) is 14.1. The molecular formula is C13H12N2. The maximum Gasteiger partial charge on any atom is 0.0991 e. The fourth-order valence-electron chi connectivity index (χ4n) is 1.58. The summed E-state index contributed by atoms with van der Waals surface area (Å²) in [5.74, 6) is 0. The molecule has 2 nitrogen and oxygen atoms in total. The normalized spacial score (nSPS) is 9.93. The van der Waals surface area contributed by atoms with Gasteiger partial charge in [0.15, 0.2) is 0 Å². The van der Waals surface area contributed by atoms with Crippen molar-refractivity contribution in [2.24, 2.45) is 0 Å². The van der Waals surface area contributed by atoms with Gasteiger partial charge in [0.2, 0.25) is 0 Å². The van der Waals surface area contributed by atoms with Crippen molar-refractivity contribution in [1.29, 1.82) is 5.26 Å². The fourth-order valence-corrected chi connectivity index (χ4v) is 1.58. The maximum atomic E-state index is 8.78. The zero-order chi connectivity index (χ0) is 10.8.